The Morgan fingerprint density at radius 2 is 1.69 bits per heavy atom. The van der Waals surface area contributed by atoms with Crippen LogP contribution in [0.5, 0.6) is 5.75 Å². The van der Waals surface area contributed by atoms with Gasteiger partial charge >= 0.3 is 6.18 Å². The molecule has 0 aliphatic rings. The van der Waals surface area contributed by atoms with Gasteiger partial charge in [-0.3, -0.25) is 15.2 Å². The van der Waals surface area contributed by atoms with Crippen molar-refractivity contribution in [1.29, 1.82) is 0 Å². The number of furan rings is 1. The van der Waals surface area contributed by atoms with E-state index in [2.05, 4.69) is 0 Å². The third-order valence-electron chi connectivity index (χ3n) is 4.77. The molecule has 3 aromatic rings. The van der Waals surface area contributed by atoms with Crippen molar-refractivity contribution in [2.75, 3.05) is 7.05 Å². The average molecular weight is 450 g/mol. The van der Waals surface area contributed by atoms with Crippen LogP contribution in [0.2, 0.25) is 0 Å². The van der Waals surface area contributed by atoms with Crippen LogP contribution in [0.1, 0.15) is 34.2 Å². The zero-order valence-electron chi connectivity index (χ0n) is 17.3. The minimum Gasteiger partial charge on any atom is -0.489 e. The molecule has 0 fully saturated rings. The predicted molar refractivity (Wildman–Crippen MR) is 107 cm³/mol. The lowest BCUT2D eigenvalue weighted by Gasteiger charge is -2.19. The molecule has 0 spiro atoms. The van der Waals surface area contributed by atoms with Gasteiger partial charge < -0.3 is 9.15 Å². The second-order valence-corrected chi connectivity index (χ2v) is 6.90. The van der Waals surface area contributed by atoms with Gasteiger partial charge in [0.1, 0.15) is 23.9 Å². The van der Waals surface area contributed by atoms with E-state index in [0.717, 1.165) is 17.7 Å². The smallest absolute Gasteiger partial charge is 0.416 e. The van der Waals surface area contributed by atoms with E-state index in [-0.39, 0.29) is 17.5 Å². The molecule has 170 valence electrons. The number of hydrogen-bond donors (Lipinski definition) is 2. The molecule has 0 aliphatic heterocycles. The van der Waals surface area contributed by atoms with Gasteiger partial charge in [0.25, 0.3) is 5.91 Å². The number of ether oxygens (including phenoxy) is 1. The highest BCUT2D eigenvalue weighted by Gasteiger charge is 2.30. The van der Waals surface area contributed by atoms with Crippen LogP contribution >= 0.6 is 0 Å². The van der Waals surface area contributed by atoms with Crippen molar-refractivity contribution in [3.63, 3.8) is 0 Å². The van der Waals surface area contributed by atoms with Gasteiger partial charge in [-0.15, -0.1) is 0 Å². The van der Waals surface area contributed by atoms with Gasteiger partial charge in [-0.25, -0.2) is 5.01 Å². The summed E-state index contributed by atoms with van der Waals surface area (Å²) in [6.45, 7) is 2.04. The van der Waals surface area contributed by atoms with Crippen molar-refractivity contribution in [1.82, 2.24) is 10.3 Å². The SMILES string of the molecule is CCc1oc(-c2ccc(C(F)(F)F)cc2)cc1COc1ccc(C(=O)N(C)N(O)O)cc1. The van der Waals surface area contributed by atoms with Gasteiger partial charge in [0, 0.05) is 35.5 Å². The highest BCUT2D eigenvalue weighted by Crippen LogP contribution is 2.32. The molecule has 32 heavy (non-hydrogen) atoms. The van der Waals surface area contributed by atoms with Crippen molar-refractivity contribution < 1.29 is 37.5 Å². The Kier molecular flexibility index (Phi) is 6.87. The van der Waals surface area contributed by atoms with E-state index in [9.17, 15) is 18.0 Å². The molecule has 1 heterocycles. The molecule has 1 amide bonds. The molecule has 2 aromatic carbocycles. The zero-order chi connectivity index (χ0) is 23.5. The molecule has 1 aromatic heterocycles. The number of halogens is 3. The van der Waals surface area contributed by atoms with Gasteiger partial charge in [0.05, 0.1) is 5.56 Å². The van der Waals surface area contributed by atoms with E-state index in [1.807, 2.05) is 6.92 Å². The standard InChI is InChI=1S/C22H21F3N2O5/c1-3-19-16(12-20(32-19)14-4-8-17(9-5-14)22(23,24)25)13-31-18-10-6-15(7-11-18)21(28)26(2)27(29)30/h4-12,29-30H,3,13H2,1-2H3. The van der Waals surface area contributed by atoms with Gasteiger partial charge in [-0.1, -0.05) is 19.1 Å². The Bertz CT molecular complexity index is 1060. The number of benzene rings is 2. The number of carbonyl (C=O) groups excluding carboxylic acids is 1. The number of alkyl halides is 3. The summed E-state index contributed by atoms with van der Waals surface area (Å²) >= 11 is 0. The maximum atomic E-state index is 12.8. The summed E-state index contributed by atoms with van der Waals surface area (Å²) in [5, 5.41) is 18.1. The molecule has 0 atom stereocenters. The van der Waals surface area contributed by atoms with E-state index < -0.39 is 17.6 Å². The van der Waals surface area contributed by atoms with E-state index >= 15 is 0 Å². The van der Waals surface area contributed by atoms with Crippen LogP contribution in [-0.2, 0) is 19.2 Å². The summed E-state index contributed by atoms with van der Waals surface area (Å²) in [7, 11) is 1.19. The molecule has 10 heteroatoms. The molecule has 0 saturated heterocycles. The fourth-order valence-corrected chi connectivity index (χ4v) is 2.98. The average Bonchev–Trinajstić information content (AvgIpc) is 3.19. The summed E-state index contributed by atoms with van der Waals surface area (Å²) in [5.74, 6) is 0.925. The third-order valence-corrected chi connectivity index (χ3v) is 4.77. The first kappa shape index (κ1) is 23.3. The molecule has 3 rings (SSSR count). The van der Waals surface area contributed by atoms with Gasteiger partial charge in [0.2, 0.25) is 0 Å². The maximum Gasteiger partial charge on any atom is 0.416 e. The van der Waals surface area contributed by atoms with Crippen molar-refractivity contribution in [3.05, 3.63) is 77.0 Å². The molecule has 0 bridgehead atoms. The van der Waals surface area contributed by atoms with Gasteiger partial charge in [-0.05, 0) is 42.5 Å². The van der Waals surface area contributed by atoms with Crippen LogP contribution in [0.25, 0.3) is 11.3 Å². The topological polar surface area (TPSA) is 86.4 Å². The second kappa shape index (κ2) is 9.43. The van der Waals surface area contributed by atoms with E-state index in [4.69, 9.17) is 19.6 Å². The molecular formula is C22H21F3N2O5. The molecule has 2 N–H and O–H groups in total. The fourth-order valence-electron chi connectivity index (χ4n) is 2.98. The van der Waals surface area contributed by atoms with E-state index in [0.29, 0.717) is 34.3 Å². The first-order chi connectivity index (χ1) is 15.1. The predicted octanol–water partition coefficient (Wildman–Crippen LogP) is 5.17. The fraction of sp³-hybridized carbons (Fsp3) is 0.227. The van der Waals surface area contributed by atoms with Crippen LogP contribution < -0.4 is 4.74 Å². The number of hydrazine groups is 1. The molecule has 0 radical (unpaired) electrons. The molecule has 0 unspecified atom stereocenters. The Balaban J connectivity index is 1.70. The normalized spacial score (nSPS) is 11.6. The molecule has 0 saturated carbocycles. The number of rotatable bonds is 7. The number of hydrogen-bond acceptors (Lipinski definition) is 6. The number of amides is 1. The van der Waals surface area contributed by atoms with Crippen LogP contribution in [0, 0.1) is 0 Å². The van der Waals surface area contributed by atoms with Crippen molar-refractivity contribution in [3.8, 4) is 17.1 Å². The zero-order valence-corrected chi connectivity index (χ0v) is 17.3. The van der Waals surface area contributed by atoms with Crippen molar-refractivity contribution in [2.24, 2.45) is 0 Å². The molecular weight excluding hydrogens is 429 g/mol. The summed E-state index contributed by atoms with van der Waals surface area (Å²) in [6, 6.07) is 12.5. The van der Waals surface area contributed by atoms with E-state index in [1.54, 1.807) is 18.2 Å². The van der Waals surface area contributed by atoms with Crippen LogP contribution in [0.15, 0.2) is 59.0 Å². The lowest BCUT2D eigenvalue weighted by Crippen LogP contribution is -2.39. The largest absolute Gasteiger partial charge is 0.489 e. The quantitative estimate of drug-likeness (QED) is 0.483. The Morgan fingerprint density at radius 3 is 2.22 bits per heavy atom. The Morgan fingerprint density at radius 1 is 1.06 bits per heavy atom. The first-order valence-corrected chi connectivity index (χ1v) is 9.58. The van der Waals surface area contributed by atoms with Crippen molar-refractivity contribution >= 4 is 5.91 Å². The monoisotopic (exact) mass is 450 g/mol. The minimum absolute atomic E-state index is 0.154. The highest BCUT2D eigenvalue weighted by molar-refractivity contribution is 5.93. The second-order valence-electron chi connectivity index (χ2n) is 6.90. The number of nitrogens with zero attached hydrogens (tertiary/aromatic N) is 2. The summed E-state index contributed by atoms with van der Waals surface area (Å²) in [6.07, 6.45) is -3.83. The summed E-state index contributed by atoms with van der Waals surface area (Å²) in [5.41, 5.74) is 0.757. The maximum absolute atomic E-state index is 12.8. The number of aryl methyl sites for hydroxylation is 1. The summed E-state index contributed by atoms with van der Waals surface area (Å²) in [4.78, 5) is 12.0. The Hall–Kier alpha value is -3.34. The van der Waals surface area contributed by atoms with Crippen LogP contribution in [-0.4, -0.2) is 33.7 Å². The van der Waals surface area contributed by atoms with Crippen LogP contribution in [0.4, 0.5) is 13.2 Å². The van der Waals surface area contributed by atoms with E-state index in [1.165, 1.54) is 31.3 Å². The van der Waals surface area contributed by atoms with Crippen LogP contribution in [0.3, 0.4) is 0 Å². The first-order valence-electron chi connectivity index (χ1n) is 9.58. The third kappa shape index (κ3) is 5.28. The lowest BCUT2D eigenvalue weighted by atomic mass is 10.1. The van der Waals surface area contributed by atoms with Gasteiger partial charge in [-0.2, -0.15) is 13.2 Å². The van der Waals surface area contributed by atoms with Gasteiger partial charge in [0.15, 0.2) is 0 Å². The Labute approximate surface area is 181 Å². The highest BCUT2D eigenvalue weighted by atomic mass is 19.4. The molecule has 0 aliphatic carbocycles. The number of carbonyl (C=O) groups is 1. The summed E-state index contributed by atoms with van der Waals surface area (Å²) < 4.78 is 49.8. The van der Waals surface area contributed by atoms with Crippen molar-refractivity contribution in [2.45, 2.75) is 26.1 Å². The minimum atomic E-state index is -4.40. The molecule has 7 nitrogen and oxygen atoms in total. The lowest BCUT2D eigenvalue weighted by molar-refractivity contribution is -0.394.